The number of hydrogen-bond donors (Lipinski definition) is 2. The summed E-state index contributed by atoms with van der Waals surface area (Å²) in [5.41, 5.74) is 1.28. The number of benzene rings is 1. The third-order valence-corrected chi connectivity index (χ3v) is 5.56. The van der Waals surface area contributed by atoms with Crippen LogP contribution in [0, 0.1) is 0 Å². The van der Waals surface area contributed by atoms with Crippen molar-refractivity contribution in [1.29, 1.82) is 0 Å². The Bertz CT molecular complexity index is 713. The fraction of sp³-hybridized carbons (Fsp3) is 0.636. The molecular weight excluding hydrogens is 404 g/mol. The van der Waals surface area contributed by atoms with E-state index < -0.39 is 11.9 Å². The molecule has 2 N–H and O–H groups in total. The lowest BCUT2D eigenvalue weighted by Crippen LogP contribution is -2.53. The summed E-state index contributed by atoms with van der Waals surface area (Å²) in [6.45, 7) is 9.81. The van der Waals surface area contributed by atoms with Crippen molar-refractivity contribution >= 4 is 11.9 Å². The van der Waals surface area contributed by atoms with Crippen LogP contribution in [0.25, 0.3) is 0 Å². The molecule has 0 aromatic heterocycles. The highest BCUT2D eigenvalue weighted by atomic mass is 16.5. The molecule has 9 nitrogen and oxygen atoms in total. The van der Waals surface area contributed by atoms with Crippen LogP contribution in [0.1, 0.15) is 32.3 Å². The second-order valence-electron chi connectivity index (χ2n) is 8.02. The second-order valence-corrected chi connectivity index (χ2v) is 8.02. The van der Waals surface area contributed by atoms with Crippen LogP contribution in [-0.4, -0.2) is 90.6 Å². The summed E-state index contributed by atoms with van der Waals surface area (Å²) in [5, 5.41) is 14.8. The zero-order valence-corrected chi connectivity index (χ0v) is 18.7. The number of aliphatic carboxylic acids is 2. The van der Waals surface area contributed by atoms with E-state index in [1.165, 1.54) is 18.4 Å². The number of piperidine rings is 1. The highest BCUT2D eigenvalue weighted by molar-refractivity contribution is 6.27. The van der Waals surface area contributed by atoms with Crippen LogP contribution in [0.2, 0.25) is 0 Å². The molecule has 2 fully saturated rings. The van der Waals surface area contributed by atoms with E-state index in [1.54, 1.807) is 14.2 Å². The molecular formula is C22H34N2O7. The van der Waals surface area contributed by atoms with E-state index in [1.807, 2.05) is 6.07 Å². The molecule has 0 bridgehead atoms. The molecule has 9 heteroatoms. The predicted molar refractivity (Wildman–Crippen MR) is 115 cm³/mol. The number of rotatable bonds is 5. The van der Waals surface area contributed by atoms with Crippen molar-refractivity contribution in [1.82, 2.24) is 9.80 Å². The smallest absolute Gasteiger partial charge is 0.414 e. The van der Waals surface area contributed by atoms with Crippen molar-refractivity contribution in [3.8, 4) is 11.5 Å². The number of carboxylic acids is 2. The Kier molecular flexibility index (Phi) is 9.54. The van der Waals surface area contributed by atoms with Crippen LogP contribution in [-0.2, 0) is 20.9 Å². The number of carboxylic acid groups (broad SMARTS) is 2. The number of carbonyl (C=O) groups is 2. The quantitative estimate of drug-likeness (QED) is 0.667. The van der Waals surface area contributed by atoms with E-state index >= 15 is 0 Å². The van der Waals surface area contributed by atoms with E-state index in [4.69, 9.17) is 34.0 Å². The van der Waals surface area contributed by atoms with Crippen LogP contribution in [0.5, 0.6) is 11.5 Å². The molecule has 1 aromatic carbocycles. The first-order valence-electron chi connectivity index (χ1n) is 10.5. The third-order valence-electron chi connectivity index (χ3n) is 5.56. The van der Waals surface area contributed by atoms with Crippen molar-refractivity contribution in [2.24, 2.45) is 0 Å². The molecule has 3 rings (SSSR count). The number of nitrogens with zero attached hydrogens (tertiary/aromatic N) is 2. The Hall–Kier alpha value is -2.36. The number of likely N-dealkylation sites (tertiary alicyclic amines) is 1. The van der Waals surface area contributed by atoms with Gasteiger partial charge in [-0.2, -0.15) is 0 Å². The lowest BCUT2D eigenvalue weighted by atomic mass is 10.0. The van der Waals surface area contributed by atoms with E-state index in [9.17, 15) is 0 Å². The summed E-state index contributed by atoms with van der Waals surface area (Å²) in [6.07, 6.45) is 3.20. The van der Waals surface area contributed by atoms with Gasteiger partial charge in [-0.25, -0.2) is 9.59 Å². The number of morpholine rings is 1. The normalized spacial score (nSPS) is 22.8. The summed E-state index contributed by atoms with van der Waals surface area (Å²) in [6, 6.07) is 6.93. The molecule has 2 saturated heterocycles. The highest BCUT2D eigenvalue weighted by Gasteiger charge is 2.30. The first-order chi connectivity index (χ1) is 14.7. The van der Waals surface area contributed by atoms with Gasteiger partial charge in [0.2, 0.25) is 0 Å². The van der Waals surface area contributed by atoms with Gasteiger partial charge in [0.15, 0.2) is 11.5 Å². The van der Waals surface area contributed by atoms with Gasteiger partial charge in [-0.1, -0.05) is 6.07 Å². The fourth-order valence-corrected chi connectivity index (χ4v) is 4.20. The van der Waals surface area contributed by atoms with Crippen LogP contribution < -0.4 is 9.47 Å². The van der Waals surface area contributed by atoms with Crippen LogP contribution in [0.3, 0.4) is 0 Å². The largest absolute Gasteiger partial charge is 0.493 e. The van der Waals surface area contributed by atoms with Gasteiger partial charge in [0.05, 0.1) is 26.4 Å². The van der Waals surface area contributed by atoms with Gasteiger partial charge in [-0.3, -0.25) is 9.80 Å². The van der Waals surface area contributed by atoms with Crippen LogP contribution >= 0.6 is 0 Å². The number of hydrogen-bond acceptors (Lipinski definition) is 7. The monoisotopic (exact) mass is 438 g/mol. The molecule has 0 spiro atoms. The lowest BCUT2D eigenvalue weighted by Gasteiger charge is -2.43. The average Bonchev–Trinajstić information content (AvgIpc) is 2.74. The fourth-order valence-electron chi connectivity index (χ4n) is 4.20. The van der Waals surface area contributed by atoms with Gasteiger partial charge in [0, 0.05) is 25.7 Å². The Labute approximate surface area is 183 Å². The van der Waals surface area contributed by atoms with Gasteiger partial charge < -0.3 is 24.4 Å². The number of methoxy groups -OCH3 is 2. The van der Waals surface area contributed by atoms with Crippen molar-refractivity contribution < 1.29 is 34.0 Å². The van der Waals surface area contributed by atoms with Gasteiger partial charge in [-0.05, 0) is 57.5 Å². The van der Waals surface area contributed by atoms with Crippen LogP contribution in [0.4, 0.5) is 0 Å². The molecule has 31 heavy (non-hydrogen) atoms. The van der Waals surface area contributed by atoms with Crippen molar-refractivity contribution in [2.45, 2.75) is 51.5 Å². The number of ether oxygens (including phenoxy) is 3. The minimum absolute atomic E-state index is 0.355. The van der Waals surface area contributed by atoms with Crippen LogP contribution in [0.15, 0.2) is 18.2 Å². The Morgan fingerprint density at radius 1 is 1.00 bits per heavy atom. The second kappa shape index (κ2) is 11.9. The molecule has 0 aliphatic carbocycles. The lowest BCUT2D eigenvalue weighted by molar-refractivity contribution is -0.159. The molecule has 2 unspecified atom stereocenters. The highest BCUT2D eigenvalue weighted by Crippen LogP contribution is 2.29. The zero-order chi connectivity index (χ0) is 23.0. The molecule has 0 radical (unpaired) electrons. The molecule has 2 aliphatic heterocycles. The summed E-state index contributed by atoms with van der Waals surface area (Å²) in [7, 11) is 3.37. The summed E-state index contributed by atoms with van der Waals surface area (Å²) in [5.74, 6) is -2.04. The summed E-state index contributed by atoms with van der Waals surface area (Å²) >= 11 is 0. The SMILES string of the molecule is COc1ccc(CN2CCC(N3CC(C)OC(C)C3)CC2)cc1OC.O=C(O)C(=O)O. The topological polar surface area (TPSA) is 109 Å². The molecule has 2 heterocycles. The summed E-state index contributed by atoms with van der Waals surface area (Å²) < 4.78 is 16.6. The summed E-state index contributed by atoms with van der Waals surface area (Å²) in [4.78, 5) is 23.4. The standard InChI is InChI=1S/C20H32N2O3.C2H2O4/c1-15-12-22(13-16(2)25-15)18-7-9-21(10-8-18)14-17-5-6-19(23-3)20(11-17)24-4;3-1(4)2(5)6/h5-6,11,15-16,18H,7-10,12-14H2,1-4H3;(H,3,4)(H,5,6). The van der Waals surface area contributed by atoms with E-state index in [2.05, 4.69) is 35.8 Å². The Balaban J connectivity index is 0.000000501. The molecule has 0 amide bonds. The van der Waals surface area contributed by atoms with Crippen molar-refractivity contribution in [2.75, 3.05) is 40.4 Å². The molecule has 2 aliphatic rings. The van der Waals surface area contributed by atoms with Gasteiger partial charge in [-0.15, -0.1) is 0 Å². The van der Waals surface area contributed by atoms with E-state index in [-0.39, 0.29) is 0 Å². The molecule has 174 valence electrons. The van der Waals surface area contributed by atoms with Gasteiger partial charge >= 0.3 is 11.9 Å². The maximum atomic E-state index is 9.10. The maximum Gasteiger partial charge on any atom is 0.414 e. The van der Waals surface area contributed by atoms with Gasteiger partial charge in [0.25, 0.3) is 0 Å². The van der Waals surface area contributed by atoms with Gasteiger partial charge in [0.1, 0.15) is 0 Å². The minimum atomic E-state index is -1.82. The Morgan fingerprint density at radius 2 is 1.55 bits per heavy atom. The Morgan fingerprint density at radius 3 is 2.03 bits per heavy atom. The first kappa shape index (κ1) is 24.9. The maximum absolute atomic E-state index is 9.10. The average molecular weight is 439 g/mol. The van der Waals surface area contributed by atoms with E-state index in [0.29, 0.717) is 18.2 Å². The van der Waals surface area contributed by atoms with Crippen molar-refractivity contribution in [3.05, 3.63) is 23.8 Å². The predicted octanol–water partition coefficient (Wildman–Crippen LogP) is 1.93. The van der Waals surface area contributed by atoms with E-state index in [0.717, 1.165) is 44.2 Å². The molecule has 0 saturated carbocycles. The molecule has 1 aromatic rings. The van der Waals surface area contributed by atoms with Crippen molar-refractivity contribution in [3.63, 3.8) is 0 Å². The zero-order valence-electron chi connectivity index (χ0n) is 18.7. The molecule has 2 atom stereocenters. The minimum Gasteiger partial charge on any atom is -0.493 e. The third kappa shape index (κ3) is 7.68. The first-order valence-corrected chi connectivity index (χ1v) is 10.5.